The summed E-state index contributed by atoms with van der Waals surface area (Å²) in [6.45, 7) is 2.59. The predicted octanol–water partition coefficient (Wildman–Crippen LogP) is 2.57. The zero-order valence-corrected chi connectivity index (χ0v) is 10.4. The molecule has 94 valence electrons. The van der Waals surface area contributed by atoms with Crippen molar-refractivity contribution in [3.8, 4) is 5.69 Å². The summed E-state index contributed by atoms with van der Waals surface area (Å²) in [6, 6.07) is 7.67. The first-order valence-corrected chi connectivity index (χ1v) is 6.27. The summed E-state index contributed by atoms with van der Waals surface area (Å²) >= 11 is 0. The highest BCUT2D eigenvalue weighted by Gasteiger charge is 2.21. The van der Waals surface area contributed by atoms with Gasteiger partial charge in [-0.05, 0) is 37.5 Å². The van der Waals surface area contributed by atoms with Crippen molar-refractivity contribution >= 4 is 0 Å². The van der Waals surface area contributed by atoms with Crippen molar-refractivity contribution in [1.82, 2.24) is 15.1 Å². The third kappa shape index (κ3) is 2.29. The molecule has 0 unspecified atom stereocenters. The average molecular weight is 245 g/mol. The van der Waals surface area contributed by atoms with Gasteiger partial charge in [-0.25, -0.2) is 9.07 Å². The first-order valence-electron chi connectivity index (χ1n) is 6.27. The molecule has 1 aromatic heterocycles. The Hall–Kier alpha value is -1.68. The third-order valence-electron chi connectivity index (χ3n) is 3.18. The molecule has 18 heavy (non-hydrogen) atoms. The topological polar surface area (TPSA) is 29.9 Å². The Kier molecular flexibility index (Phi) is 2.88. The van der Waals surface area contributed by atoms with E-state index in [1.807, 2.05) is 19.1 Å². The lowest BCUT2D eigenvalue weighted by atomic mass is 10.1. The van der Waals surface area contributed by atoms with Crippen LogP contribution >= 0.6 is 0 Å². The maximum atomic E-state index is 14.0. The molecule has 0 amide bonds. The Labute approximate surface area is 106 Å². The van der Waals surface area contributed by atoms with Crippen LogP contribution in [0.25, 0.3) is 5.69 Å². The Morgan fingerprint density at radius 3 is 2.89 bits per heavy atom. The lowest BCUT2D eigenvalue weighted by molar-refractivity contribution is 0.599. The fourth-order valence-electron chi connectivity index (χ4n) is 2.04. The molecule has 1 saturated carbocycles. The van der Waals surface area contributed by atoms with Crippen LogP contribution in [0.3, 0.4) is 0 Å². The maximum absolute atomic E-state index is 14.0. The number of aryl methyl sites for hydroxylation is 1. The summed E-state index contributed by atoms with van der Waals surface area (Å²) < 4.78 is 15.6. The first kappa shape index (κ1) is 11.4. The van der Waals surface area contributed by atoms with E-state index in [0.717, 1.165) is 11.3 Å². The molecule has 0 saturated heterocycles. The van der Waals surface area contributed by atoms with E-state index in [1.165, 1.54) is 18.9 Å². The van der Waals surface area contributed by atoms with Crippen molar-refractivity contribution in [2.75, 3.05) is 0 Å². The van der Waals surface area contributed by atoms with E-state index >= 15 is 0 Å². The third-order valence-corrected chi connectivity index (χ3v) is 3.18. The van der Waals surface area contributed by atoms with E-state index in [1.54, 1.807) is 16.9 Å². The van der Waals surface area contributed by atoms with E-state index in [9.17, 15) is 4.39 Å². The van der Waals surface area contributed by atoms with Crippen LogP contribution in [0.15, 0.2) is 30.5 Å². The summed E-state index contributed by atoms with van der Waals surface area (Å²) in [6.07, 6.45) is 4.26. The van der Waals surface area contributed by atoms with Crippen LogP contribution in [0.5, 0.6) is 0 Å². The van der Waals surface area contributed by atoms with Crippen LogP contribution in [-0.2, 0) is 6.54 Å². The van der Waals surface area contributed by atoms with Gasteiger partial charge in [0.1, 0.15) is 11.5 Å². The van der Waals surface area contributed by atoms with Crippen LogP contribution in [0.1, 0.15) is 24.1 Å². The smallest absolute Gasteiger partial charge is 0.149 e. The van der Waals surface area contributed by atoms with Crippen LogP contribution < -0.4 is 5.32 Å². The normalized spacial score (nSPS) is 15.0. The second kappa shape index (κ2) is 4.53. The number of para-hydroxylation sites is 1. The second-order valence-electron chi connectivity index (χ2n) is 4.80. The minimum absolute atomic E-state index is 0.229. The standard InChI is InChI=1S/C14H16FN3/c1-10-7-8-18(17-10)14-11(3-2-4-13(14)15)9-16-12-5-6-12/h2-4,7-8,12,16H,5-6,9H2,1H3. The Morgan fingerprint density at radius 2 is 2.22 bits per heavy atom. The van der Waals surface area contributed by atoms with E-state index in [2.05, 4.69) is 10.4 Å². The molecule has 1 fully saturated rings. The molecule has 2 aromatic rings. The summed E-state index contributed by atoms with van der Waals surface area (Å²) in [7, 11) is 0. The summed E-state index contributed by atoms with van der Waals surface area (Å²) in [5.74, 6) is -0.229. The first-order chi connectivity index (χ1) is 8.74. The summed E-state index contributed by atoms with van der Waals surface area (Å²) in [5.41, 5.74) is 2.39. The molecule has 3 rings (SSSR count). The number of rotatable bonds is 4. The molecule has 1 aromatic carbocycles. The molecule has 0 spiro atoms. The van der Waals surface area contributed by atoms with Gasteiger partial charge in [-0.2, -0.15) is 5.10 Å². The highest BCUT2D eigenvalue weighted by molar-refractivity contribution is 5.42. The van der Waals surface area contributed by atoms with Gasteiger partial charge in [0, 0.05) is 18.8 Å². The quantitative estimate of drug-likeness (QED) is 0.897. The summed E-state index contributed by atoms with van der Waals surface area (Å²) in [4.78, 5) is 0. The number of benzene rings is 1. The molecular formula is C14H16FN3. The van der Waals surface area contributed by atoms with Gasteiger partial charge < -0.3 is 5.32 Å². The van der Waals surface area contributed by atoms with Crippen molar-refractivity contribution in [3.63, 3.8) is 0 Å². The molecule has 0 radical (unpaired) electrons. The van der Waals surface area contributed by atoms with Gasteiger partial charge in [0.2, 0.25) is 0 Å². The molecule has 1 aliphatic rings. The molecule has 0 atom stereocenters. The van der Waals surface area contributed by atoms with Gasteiger partial charge >= 0.3 is 0 Å². The molecule has 1 heterocycles. The molecule has 0 bridgehead atoms. The van der Waals surface area contributed by atoms with E-state index < -0.39 is 0 Å². The zero-order valence-electron chi connectivity index (χ0n) is 10.4. The SMILES string of the molecule is Cc1ccn(-c2c(F)cccc2CNC2CC2)n1. The lowest BCUT2D eigenvalue weighted by Gasteiger charge is -2.11. The molecule has 4 heteroatoms. The number of nitrogens with one attached hydrogen (secondary N) is 1. The van der Waals surface area contributed by atoms with Crippen LogP contribution in [-0.4, -0.2) is 15.8 Å². The van der Waals surface area contributed by atoms with E-state index in [-0.39, 0.29) is 5.82 Å². The number of halogens is 1. The van der Waals surface area contributed by atoms with Gasteiger partial charge in [-0.1, -0.05) is 12.1 Å². The predicted molar refractivity (Wildman–Crippen MR) is 68.1 cm³/mol. The molecule has 3 nitrogen and oxygen atoms in total. The van der Waals surface area contributed by atoms with Crippen molar-refractivity contribution < 1.29 is 4.39 Å². The van der Waals surface area contributed by atoms with Gasteiger partial charge in [-0.15, -0.1) is 0 Å². The molecule has 1 aliphatic carbocycles. The van der Waals surface area contributed by atoms with Crippen LogP contribution in [0.4, 0.5) is 4.39 Å². The van der Waals surface area contributed by atoms with Gasteiger partial charge in [0.25, 0.3) is 0 Å². The van der Waals surface area contributed by atoms with E-state index in [0.29, 0.717) is 18.3 Å². The fraction of sp³-hybridized carbons (Fsp3) is 0.357. The maximum Gasteiger partial charge on any atom is 0.149 e. The number of aromatic nitrogens is 2. The highest BCUT2D eigenvalue weighted by Crippen LogP contribution is 2.22. The minimum atomic E-state index is -0.229. The van der Waals surface area contributed by atoms with Gasteiger partial charge in [0.15, 0.2) is 0 Å². The van der Waals surface area contributed by atoms with Gasteiger partial charge in [-0.3, -0.25) is 0 Å². The van der Waals surface area contributed by atoms with Crippen LogP contribution in [0, 0.1) is 12.7 Å². The highest BCUT2D eigenvalue weighted by atomic mass is 19.1. The monoisotopic (exact) mass is 245 g/mol. The van der Waals surface area contributed by atoms with Crippen LogP contribution in [0.2, 0.25) is 0 Å². The van der Waals surface area contributed by atoms with Gasteiger partial charge in [0.05, 0.1) is 5.69 Å². The van der Waals surface area contributed by atoms with E-state index in [4.69, 9.17) is 0 Å². The Balaban J connectivity index is 1.94. The molecule has 1 N–H and O–H groups in total. The number of hydrogen-bond donors (Lipinski definition) is 1. The second-order valence-corrected chi connectivity index (χ2v) is 4.80. The largest absolute Gasteiger partial charge is 0.310 e. The minimum Gasteiger partial charge on any atom is -0.310 e. The zero-order chi connectivity index (χ0) is 12.5. The Bertz CT molecular complexity index is 558. The van der Waals surface area contributed by atoms with Crippen molar-refractivity contribution in [2.24, 2.45) is 0 Å². The number of nitrogens with zero attached hydrogens (tertiary/aromatic N) is 2. The van der Waals surface area contributed by atoms with Crippen molar-refractivity contribution in [2.45, 2.75) is 32.4 Å². The fourth-order valence-corrected chi connectivity index (χ4v) is 2.04. The lowest BCUT2D eigenvalue weighted by Crippen LogP contribution is -2.17. The summed E-state index contributed by atoms with van der Waals surface area (Å²) in [5, 5.41) is 7.70. The average Bonchev–Trinajstić information content (AvgIpc) is 3.09. The number of hydrogen-bond acceptors (Lipinski definition) is 2. The Morgan fingerprint density at radius 1 is 1.39 bits per heavy atom. The molecule has 0 aliphatic heterocycles. The van der Waals surface area contributed by atoms with Crippen molar-refractivity contribution in [1.29, 1.82) is 0 Å². The molecular weight excluding hydrogens is 229 g/mol. The van der Waals surface area contributed by atoms with Crippen molar-refractivity contribution in [3.05, 3.63) is 47.5 Å².